The standard InChI is InChI=1S/C16H12ClFN2S.BrH/c1-20-15(11-7-8-14(18)13(17)9-11)10-21-16(20)19-12-5-3-2-4-6-12;/h2-10H,1H3;1H/p-1. The molecule has 0 unspecified atom stereocenters. The first-order valence-corrected chi connectivity index (χ1v) is 7.60. The third-order valence-corrected chi connectivity index (χ3v) is 4.33. The molecule has 0 bridgehead atoms. The Morgan fingerprint density at radius 3 is 2.55 bits per heavy atom. The predicted octanol–water partition coefficient (Wildman–Crippen LogP) is 1.78. The zero-order valence-electron chi connectivity index (χ0n) is 11.6. The zero-order valence-corrected chi connectivity index (χ0v) is 14.8. The molecule has 3 rings (SSSR count). The van der Waals surface area contributed by atoms with Gasteiger partial charge in [-0.1, -0.05) is 29.8 Å². The second-order valence-electron chi connectivity index (χ2n) is 4.54. The molecule has 0 radical (unpaired) electrons. The van der Waals surface area contributed by atoms with E-state index in [1.54, 1.807) is 12.1 Å². The number of benzene rings is 2. The summed E-state index contributed by atoms with van der Waals surface area (Å²) in [6, 6.07) is 14.5. The van der Waals surface area contributed by atoms with Gasteiger partial charge in [0.2, 0.25) is 0 Å². The molecule has 2 aromatic carbocycles. The number of aromatic nitrogens is 1. The maximum atomic E-state index is 13.3. The highest BCUT2D eigenvalue weighted by Crippen LogP contribution is 2.25. The van der Waals surface area contributed by atoms with Gasteiger partial charge in [0.25, 0.3) is 0 Å². The number of hydrogen-bond donors (Lipinski definition) is 0. The van der Waals surface area contributed by atoms with Crippen LogP contribution in [0.1, 0.15) is 0 Å². The minimum Gasteiger partial charge on any atom is -1.00 e. The minimum atomic E-state index is -0.410. The Morgan fingerprint density at radius 2 is 1.86 bits per heavy atom. The number of nitrogens with zero attached hydrogens (tertiary/aromatic N) is 2. The summed E-state index contributed by atoms with van der Waals surface area (Å²) in [5, 5.41) is 2.12. The molecule has 2 nitrogen and oxygen atoms in total. The summed E-state index contributed by atoms with van der Waals surface area (Å²) >= 11 is 7.38. The van der Waals surface area contributed by atoms with Crippen molar-refractivity contribution >= 4 is 28.6 Å². The molecule has 0 atom stereocenters. The molecule has 114 valence electrons. The highest BCUT2D eigenvalue weighted by molar-refractivity contribution is 7.07. The Labute approximate surface area is 147 Å². The first-order valence-electron chi connectivity index (χ1n) is 6.35. The van der Waals surface area contributed by atoms with Gasteiger partial charge >= 0.3 is 0 Å². The fourth-order valence-corrected chi connectivity index (χ4v) is 3.11. The lowest BCUT2D eigenvalue weighted by Crippen LogP contribution is -3.00. The third-order valence-electron chi connectivity index (χ3n) is 3.12. The van der Waals surface area contributed by atoms with Crippen LogP contribution in [0.4, 0.5) is 10.1 Å². The molecule has 0 saturated carbocycles. The molecule has 0 amide bonds. The van der Waals surface area contributed by atoms with E-state index in [0.29, 0.717) is 0 Å². The Hall–Kier alpha value is -1.43. The van der Waals surface area contributed by atoms with E-state index in [-0.39, 0.29) is 22.0 Å². The van der Waals surface area contributed by atoms with E-state index in [4.69, 9.17) is 11.6 Å². The number of thiazole rings is 1. The zero-order chi connectivity index (χ0) is 14.8. The lowest BCUT2D eigenvalue weighted by atomic mass is 10.2. The van der Waals surface area contributed by atoms with Gasteiger partial charge in [-0.05, 0) is 30.3 Å². The molecule has 3 aromatic rings. The number of hydrogen-bond acceptors (Lipinski definition) is 2. The van der Waals surface area contributed by atoms with Gasteiger partial charge in [0.15, 0.2) is 4.80 Å². The molecule has 0 saturated heterocycles. The second kappa shape index (κ2) is 7.22. The van der Waals surface area contributed by atoms with Crippen LogP contribution in [-0.2, 0) is 7.05 Å². The van der Waals surface area contributed by atoms with Crippen molar-refractivity contribution in [2.24, 2.45) is 12.0 Å². The SMILES string of the molecule is Cn1c(-c2ccc(F)c(Cl)c2)csc1=Nc1ccccc1.[Br-]. The Morgan fingerprint density at radius 1 is 1.14 bits per heavy atom. The van der Waals surface area contributed by atoms with Crippen molar-refractivity contribution in [3.63, 3.8) is 0 Å². The lowest BCUT2D eigenvalue weighted by Gasteiger charge is -2.04. The quantitative estimate of drug-likeness (QED) is 0.626. The van der Waals surface area contributed by atoms with Crippen LogP contribution >= 0.6 is 22.9 Å². The van der Waals surface area contributed by atoms with Crippen LogP contribution in [0.2, 0.25) is 5.02 Å². The predicted molar refractivity (Wildman–Crippen MR) is 85.4 cm³/mol. The van der Waals surface area contributed by atoms with E-state index in [0.717, 1.165) is 21.7 Å². The van der Waals surface area contributed by atoms with Gasteiger partial charge in [-0.25, -0.2) is 9.38 Å². The Kier molecular flexibility index (Phi) is 5.56. The highest BCUT2D eigenvalue weighted by Gasteiger charge is 2.07. The minimum absolute atomic E-state index is 0. The van der Waals surface area contributed by atoms with E-state index in [9.17, 15) is 4.39 Å². The van der Waals surface area contributed by atoms with Gasteiger partial charge in [0.05, 0.1) is 16.4 Å². The van der Waals surface area contributed by atoms with Crippen molar-refractivity contribution in [1.82, 2.24) is 4.57 Å². The van der Waals surface area contributed by atoms with E-state index in [2.05, 4.69) is 4.99 Å². The molecule has 22 heavy (non-hydrogen) atoms. The molecular formula is C16H12BrClFN2S-. The molecule has 1 aromatic heterocycles. The second-order valence-corrected chi connectivity index (χ2v) is 5.78. The monoisotopic (exact) mass is 397 g/mol. The summed E-state index contributed by atoms with van der Waals surface area (Å²) in [6.07, 6.45) is 0. The van der Waals surface area contributed by atoms with E-state index in [1.807, 2.05) is 47.3 Å². The van der Waals surface area contributed by atoms with E-state index >= 15 is 0 Å². The molecule has 1 heterocycles. The normalized spacial score (nSPS) is 11.3. The average molecular weight is 399 g/mol. The fourth-order valence-electron chi connectivity index (χ4n) is 2.00. The molecule has 0 N–H and O–H groups in total. The van der Waals surface area contributed by atoms with Crippen LogP contribution in [0.5, 0.6) is 0 Å². The van der Waals surface area contributed by atoms with Gasteiger partial charge in [0.1, 0.15) is 5.82 Å². The van der Waals surface area contributed by atoms with Crippen molar-refractivity contribution in [3.05, 3.63) is 69.6 Å². The largest absolute Gasteiger partial charge is 1.00 e. The molecule has 6 heteroatoms. The van der Waals surface area contributed by atoms with Gasteiger partial charge in [-0.15, -0.1) is 11.3 Å². The molecule has 0 aliphatic carbocycles. The van der Waals surface area contributed by atoms with Crippen molar-refractivity contribution in [1.29, 1.82) is 0 Å². The lowest BCUT2D eigenvalue weighted by molar-refractivity contribution is -0.00000468. The molecular weight excluding hydrogens is 387 g/mol. The first kappa shape index (κ1) is 16.9. The Bertz CT molecular complexity index is 843. The van der Waals surface area contributed by atoms with Gasteiger partial charge in [-0.3, -0.25) is 0 Å². The topological polar surface area (TPSA) is 17.3 Å². The van der Waals surface area contributed by atoms with Crippen molar-refractivity contribution in [2.75, 3.05) is 0 Å². The summed E-state index contributed by atoms with van der Waals surface area (Å²) in [4.78, 5) is 5.47. The first-order chi connectivity index (χ1) is 10.1. The van der Waals surface area contributed by atoms with Gasteiger partial charge < -0.3 is 21.5 Å². The molecule has 0 aliphatic heterocycles. The van der Waals surface area contributed by atoms with Crippen LogP contribution in [0.15, 0.2) is 58.9 Å². The highest BCUT2D eigenvalue weighted by atomic mass is 79.9. The van der Waals surface area contributed by atoms with Gasteiger partial charge in [-0.2, -0.15) is 0 Å². The third kappa shape index (κ3) is 3.48. The van der Waals surface area contributed by atoms with Crippen molar-refractivity contribution < 1.29 is 21.4 Å². The van der Waals surface area contributed by atoms with Gasteiger partial charge in [0, 0.05) is 18.0 Å². The van der Waals surface area contributed by atoms with Crippen molar-refractivity contribution in [2.45, 2.75) is 0 Å². The molecule has 0 spiro atoms. The van der Waals surface area contributed by atoms with Crippen LogP contribution in [0.3, 0.4) is 0 Å². The maximum Gasteiger partial charge on any atom is 0.190 e. The maximum absolute atomic E-state index is 13.3. The summed E-state index contributed by atoms with van der Waals surface area (Å²) in [5.41, 5.74) is 2.73. The van der Waals surface area contributed by atoms with Crippen molar-refractivity contribution in [3.8, 4) is 11.3 Å². The molecule has 0 aliphatic rings. The fraction of sp³-hybridized carbons (Fsp3) is 0.0625. The van der Waals surface area contributed by atoms with Crippen LogP contribution in [0, 0.1) is 5.82 Å². The number of halogens is 3. The molecule has 0 fully saturated rings. The summed E-state index contributed by atoms with van der Waals surface area (Å²) in [6.45, 7) is 0. The number of para-hydroxylation sites is 1. The number of rotatable bonds is 2. The van der Waals surface area contributed by atoms with E-state index in [1.165, 1.54) is 17.4 Å². The Balaban J connectivity index is 0.00000176. The summed E-state index contributed by atoms with van der Waals surface area (Å²) in [5.74, 6) is -0.410. The average Bonchev–Trinajstić information content (AvgIpc) is 2.84. The van der Waals surface area contributed by atoms with Crippen LogP contribution in [0.25, 0.3) is 11.3 Å². The summed E-state index contributed by atoms with van der Waals surface area (Å²) in [7, 11) is 1.94. The summed E-state index contributed by atoms with van der Waals surface area (Å²) < 4.78 is 15.2. The van der Waals surface area contributed by atoms with E-state index < -0.39 is 5.82 Å². The van der Waals surface area contributed by atoms with Crippen LogP contribution in [-0.4, -0.2) is 4.57 Å². The smallest absolute Gasteiger partial charge is 0.190 e. The van der Waals surface area contributed by atoms with Crippen LogP contribution < -0.4 is 21.8 Å².